The summed E-state index contributed by atoms with van der Waals surface area (Å²) in [6, 6.07) is 1.48. The average molecular weight is 316 g/mol. The predicted molar refractivity (Wildman–Crippen MR) is 75.4 cm³/mol. The van der Waals surface area contributed by atoms with Crippen LogP contribution in [-0.2, 0) is 0 Å². The van der Waals surface area contributed by atoms with Crippen LogP contribution in [0.25, 0.3) is 0 Å². The minimum Gasteiger partial charge on any atom is -0.354 e. The molecular formula is C13H19BrFN3. The van der Waals surface area contributed by atoms with Crippen LogP contribution in [0, 0.1) is 11.7 Å². The minimum absolute atomic E-state index is 0.250. The molecule has 2 heterocycles. The lowest BCUT2D eigenvalue weighted by atomic mass is 9.97. The summed E-state index contributed by atoms with van der Waals surface area (Å²) in [5, 5.41) is 3.35. The fourth-order valence-electron chi connectivity index (χ4n) is 2.38. The molecule has 18 heavy (non-hydrogen) atoms. The highest BCUT2D eigenvalue weighted by atomic mass is 79.9. The third-order valence-corrected chi connectivity index (χ3v) is 3.84. The second-order valence-corrected chi connectivity index (χ2v) is 5.61. The van der Waals surface area contributed by atoms with E-state index in [0.29, 0.717) is 16.2 Å². The van der Waals surface area contributed by atoms with E-state index in [2.05, 4.69) is 26.2 Å². The van der Waals surface area contributed by atoms with Gasteiger partial charge in [-0.25, -0.2) is 9.37 Å². The molecule has 100 valence electrons. The molecule has 1 N–H and O–H groups in total. The van der Waals surface area contributed by atoms with Gasteiger partial charge in [0.15, 0.2) is 11.6 Å². The number of piperidine rings is 1. The molecule has 0 aromatic carbocycles. The zero-order chi connectivity index (χ0) is 13.0. The third-order valence-electron chi connectivity index (χ3n) is 3.41. The molecule has 3 nitrogen and oxygen atoms in total. The summed E-state index contributed by atoms with van der Waals surface area (Å²) in [5.74, 6) is 0.857. The van der Waals surface area contributed by atoms with Gasteiger partial charge in [-0.3, -0.25) is 0 Å². The van der Waals surface area contributed by atoms with Gasteiger partial charge in [0.2, 0.25) is 0 Å². The second-order valence-electron chi connectivity index (χ2n) is 4.69. The molecule has 1 aromatic heterocycles. The van der Waals surface area contributed by atoms with Crippen molar-refractivity contribution in [2.75, 3.05) is 31.1 Å². The number of hydrogen-bond donors (Lipinski definition) is 1. The molecule has 0 saturated carbocycles. The number of nitrogens with one attached hydrogen (secondary N) is 1. The Kier molecular flexibility index (Phi) is 4.95. The smallest absolute Gasteiger partial charge is 0.166 e. The van der Waals surface area contributed by atoms with Gasteiger partial charge in [0.25, 0.3) is 0 Å². The van der Waals surface area contributed by atoms with Crippen molar-refractivity contribution in [3.05, 3.63) is 22.6 Å². The first kappa shape index (κ1) is 13.7. The van der Waals surface area contributed by atoms with E-state index in [9.17, 15) is 4.39 Å². The topological polar surface area (TPSA) is 28.2 Å². The molecule has 0 amide bonds. The van der Waals surface area contributed by atoms with Crippen LogP contribution in [0.5, 0.6) is 0 Å². The molecule has 1 aromatic rings. The maximum Gasteiger partial charge on any atom is 0.166 e. The van der Waals surface area contributed by atoms with E-state index in [1.165, 1.54) is 6.07 Å². The zero-order valence-electron chi connectivity index (χ0n) is 10.6. The van der Waals surface area contributed by atoms with Gasteiger partial charge in [-0.1, -0.05) is 0 Å². The highest BCUT2D eigenvalue weighted by Crippen LogP contribution is 2.22. The van der Waals surface area contributed by atoms with Crippen LogP contribution < -0.4 is 10.2 Å². The highest BCUT2D eigenvalue weighted by Gasteiger charge is 2.19. The maximum atomic E-state index is 13.9. The number of rotatable bonds is 4. The molecule has 2 rings (SSSR count). The summed E-state index contributed by atoms with van der Waals surface area (Å²) in [4.78, 5) is 6.24. The van der Waals surface area contributed by atoms with Crippen molar-refractivity contribution < 1.29 is 4.39 Å². The van der Waals surface area contributed by atoms with Crippen molar-refractivity contribution in [2.24, 2.45) is 5.92 Å². The molecule has 0 aliphatic carbocycles. The van der Waals surface area contributed by atoms with Gasteiger partial charge in [0, 0.05) is 23.8 Å². The monoisotopic (exact) mass is 315 g/mol. The molecule has 1 saturated heterocycles. The molecule has 0 bridgehead atoms. The molecule has 1 aliphatic rings. The Balaban J connectivity index is 2.07. The van der Waals surface area contributed by atoms with Gasteiger partial charge in [-0.2, -0.15) is 0 Å². The SMILES string of the molecule is CCN(CC1CCNCC1)c1ncc(Br)cc1F. The van der Waals surface area contributed by atoms with Crippen LogP contribution in [0.3, 0.4) is 0 Å². The van der Waals surface area contributed by atoms with Crippen LogP contribution in [0.4, 0.5) is 10.2 Å². The van der Waals surface area contributed by atoms with Crippen LogP contribution in [-0.4, -0.2) is 31.2 Å². The Morgan fingerprint density at radius 1 is 1.50 bits per heavy atom. The van der Waals surface area contributed by atoms with Gasteiger partial charge in [0.1, 0.15) is 0 Å². The number of anilines is 1. The highest BCUT2D eigenvalue weighted by molar-refractivity contribution is 9.10. The van der Waals surface area contributed by atoms with E-state index in [1.54, 1.807) is 6.20 Å². The molecule has 0 spiro atoms. The summed E-state index contributed by atoms with van der Waals surface area (Å²) in [7, 11) is 0. The zero-order valence-corrected chi connectivity index (χ0v) is 12.2. The summed E-state index contributed by atoms with van der Waals surface area (Å²) in [6.45, 7) is 5.86. The van der Waals surface area contributed by atoms with E-state index < -0.39 is 0 Å². The Bertz CT molecular complexity index is 394. The standard InChI is InChI=1S/C13H19BrFN3/c1-2-18(9-10-3-5-16-6-4-10)13-12(15)7-11(14)8-17-13/h7-8,10,16H,2-6,9H2,1H3. The van der Waals surface area contributed by atoms with Gasteiger partial charge in [-0.15, -0.1) is 0 Å². The fraction of sp³-hybridized carbons (Fsp3) is 0.615. The third kappa shape index (κ3) is 3.42. The fourth-order valence-corrected chi connectivity index (χ4v) is 2.68. The Morgan fingerprint density at radius 3 is 2.83 bits per heavy atom. The van der Waals surface area contributed by atoms with E-state index >= 15 is 0 Å². The summed E-state index contributed by atoms with van der Waals surface area (Å²) in [5.41, 5.74) is 0. The van der Waals surface area contributed by atoms with Crippen LogP contribution >= 0.6 is 15.9 Å². The van der Waals surface area contributed by atoms with Crippen molar-refractivity contribution >= 4 is 21.7 Å². The Labute approximate surface area is 116 Å². The molecule has 1 fully saturated rings. The van der Waals surface area contributed by atoms with Gasteiger partial charge >= 0.3 is 0 Å². The maximum absolute atomic E-state index is 13.9. The van der Waals surface area contributed by atoms with E-state index in [4.69, 9.17) is 0 Å². The number of halogens is 2. The van der Waals surface area contributed by atoms with Crippen molar-refractivity contribution in [3.63, 3.8) is 0 Å². The van der Waals surface area contributed by atoms with Crippen molar-refractivity contribution in [2.45, 2.75) is 19.8 Å². The normalized spacial score (nSPS) is 16.8. The van der Waals surface area contributed by atoms with Crippen LogP contribution in [0.1, 0.15) is 19.8 Å². The number of aromatic nitrogens is 1. The molecule has 0 unspecified atom stereocenters. The van der Waals surface area contributed by atoms with Gasteiger partial charge in [-0.05, 0) is 60.8 Å². The lowest BCUT2D eigenvalue weighted by Gasteiger charge is -2.30. The lowest BCUT2D eigenvalue weighted by molar-refractivity contribution is 0.373. The van der Waals surface area contributed by atoms with E-state index in [1.807, 2.05) is 11.8 Å². The number of hydrogen-bond acceptors (Lipinski definition) is 3. The van der Waals surface area contributed by atoms with Crippen LogP contribution in [0.2, 0.25) is 0 Å². The van der Waals surface area contributed by atoms with E-state index in [0.717, 1.165) is 39.0 Å². The molecule has 0 radical (unpaired) electrons. The summed E-state index contributed by atoms with van der Waals surface area (Å²) in [6.07, 6.45) is 3.98. The summed E-state index contributed by atoms with van der Waals surface area (Å²) >= 11 is 3.24. The van der Waals surface area contributed by atoms with Gasteiger partial charge < -0.3 is 10.2 Å². The number of pyridine rings is 1. The molecule has 1 aliphatic heterocycles. The van der Waals surface area contributed by atoms with E-state index in [-0.39, 0.29) is 5.82 Å². The van der Waals surface area contributed by atoms with Crippen molar-refractivity contribution in [3.8, 4) is 0 Å². The first-order chi connectivity index (χ1) is 8.70. The van der Waals surface area contributed by atoms with Crippen molar-refractivity contribution in [1.29, 1.82) is 0 Å². The first-order valence-electron chi connectivity index (χ1n) is 6.47. The molecule has 0 atom stereocenters. The summed E-state index contributed by atoms with van der Waals surface area (Å²) < 4.78 is 14.6. The Morgan fingerprint density at radius 2 is 2.22 bits per heavy atom. The molecular weight excluding hydrogens is 297 g/mol. The average Bonchev–Trinajstić information content (AvgIpc) is 2.38. The van der Waals surface area contributed by atoms with Crippen molar-refractivity contribution in [1.82, 2.24) is 10.3 Å². The largest absolute Gasteiger partial charge is 0.354 e. The van der Waals surface area contributed by atoms with Crippen LogP contribution in [0.15, 0.2) is 16.7 Å². The first-order valence-corrected chi connectivity index (χ1v) is 7.26. The lowest BCUT2D eigenvalue weighted by Crippen LogP contribution is -2.36. The molecule has 5 heteroatoms. The quantitative estimate of drug-likeness (QED) is 0.926. The Hall–Kier alpha value is -0.680. The predicted octanol–water partition coefficient (Wildman–Crippen LogP) is 2.81. The minimum atomic E-state index is -0.250. The number of nitrogens with zero attached hydrogens (tertiary/aromatic N) is 2. The second kappa shape index (κ2) is 6.48. The van der Waals surface area contributed by atoms with Gasteiger partial charge in [0.05, 0.1) is 0 Å².